The molecule has 1 aliphatic heterocycles. The average Bonchev–Trinajstić information content (AvgIpc) is 3.23. The summed E-state index contributed by atoms with van der Waals surface area (Å²) >= 11 is 0. The van der Waals surface area contributed by atoms with Crippen LogP contribution in [0.4, 0.5) is 11.4 Å². The monoisotopic (exact) mass is 473 g/mol. The maximum atomic E-state index is 13.1. The van der Waals surface area contributed by atoms with Gasteiger partial charge in [-0.15, -0.1) is 24.8 Å². The quantitative estimate of drug-likeness (QED) is 0.469. The standard InChI is InChI=1S/C22H23N7O.2ClH/c23-13-15-4-9-28(10-5-15)20-12-18-16(3-1-6-24-18)11-19(20)27-22(30)17-14-26-29-8-2-7-25-21(17)29;;/h1-3,6-8,11-12,14-15H,4-5,9-10,13,23H2,(H,27,30);2*1H. The van der Waals surface area contributed by atoms with Crippen LogP contribution in [0.25, 0.3) is 16.6 Å². The first-order valence-corrected chi connectivity index (χ1v) is 10.2. The van der Waals surface area contributed by atoms with E-state index in [4.69, 9.17) is 5.73 Å². The van der Waals surface area contributed by atoms with Gasteiger partial charge in [-0.3, -0.25) is 9.78 Å². The number of hydrogen-bond donors (Lipinski definition) is 2. The van der Waals surface area contributed by atoms with E-state index in [-0.39, 0.29) is 30.7 Å². The van der Waals surface area contributed by atoms with Crippen molar-refractivity contribution in [3.63, 3.8) is 0 Å². The number of amides is 1. The van der Waals surface area contributed by atoms with E-state index in [0.29, 0.717) is 17.1 Å². The largest absolute Gasteiger partial charge is 0.370 e. The van der Waals surface area contributed by atoms with Crippen LogP contribution in [0.1, 0.15) is 23.2 Å². The molecule has 4 heterocycles. The number of carbonyl (C=O) groups is 1. The van der Waals surface area contributed by atoms with Gasteiger partial charge in [-0.1, -0.05) is 6.07 Å². The molecule has 1 amide bonds. The molecule has 3 aromatic heterocycles. The number of benzene rings is 1. The molecule has 32 heavy (non-hydrogen) atoms. The Labute approximate surface area is 198 Å². The third kappa shape index (κ3) is 4.48. The molecule has 5 rings (SSSR count). The van der Waals surface area contributed by atoms with Crippen molar-refractivity contribution in [1.82, 2.24) is 19.6 Å². The Hall–Kier alpha value is -2.94. The molecule has 0 spiro atoms. The second kappa shape index (κ2) is 10.1. The third-order valence-electron chi connectivity index (χ3n) is 5.78. The molecule has 1 fully saturated rings. The van der Waals surface area contributed by atoms with E-state index in [9.17, 15) is 4.79 Å². The Morgan fingerprint density at radius 2 is 1.91 bits per heavy atom. The van der Waals surface area contributed by atoms with Crippen LogP contribution in [0, 0.1) is 5.92 Å². The number of fused-ring (bicyclic) bond motifs is 2. The van der Waals surface area contributed by atoms with Gasteiger partial charge in [0.2, 0.25) is 0 Å². The van der Waals surface area contributed by atoms with E-state index < -0.39 is 0 Å². The lowest BCUT2D eigenvalue weighted by Crippen LogP contribution is -2.36. The van der Waals surface area contributed by atoms with Crippen LogP contribution < -0.4 is 16.0 Å². The molecule has 0 saturated carbocycles. The number of pyridine rings is 1. The summed E-state index contributed by atoms with van der Waals surface area (Å²) in [6.45, 7) is 2.53. The van der Waals surface area contributed by atoms with Gasteiger partial charge in [-0.2, -0.15) is 5.10 Å². The normalized spacial score (nSPS) is 14.1. The maximum Gasteiger partial charge on any atom is 0.261 e. The van der Waals surface area contributed by atoms with Crippen LogP contribution in [0.3, 0.4) is 0 Å². The zero-order valence-electron chi connectivity index (χ0n) is 17.3. The Morgan fingerprint density at radius 3 is 2.69 bits per heavy atom. The Morgan fingerprint density at radius 1 is 1.12 bits per heavy atom. The summed E-state index contributed by atoms with van der Waals surface area (Å²) in [7, 11) is 0. The molecule has 0 aliphatic carbocycles. The van der Waals surface area contributed by atoms with Crippen molar-refractivity contribution in [3.8, 4) is 0 Å². The number of aromatic nitrogens is 4. The predicted octanol–water partition coefficient (Wildman–Crippen LogP) is 3.55. The van der Waals surface area contributed by atoms with Gasteiger partial charge in [0, 0.05) is 37.1 Å². The topological polar surface area (TPSA) is 101 Å². The molecule has 1 aromatic carbocycles. The van der Waals surface area contributed by atoms with E-state index in [1.807, 2.05) is 18.2 Å². The fraction of sp³-hybridized carbons (Fsp3) is 0.273. The van der Waals surface area contributed by atoms with Crippen molar-refractivity contribution >= 4 is 58.6 Å². The van der Waals surface area contributed by atoms with Gasteiger partial charge in [-0.05, 0) is 49.6 Å². The number of nitrogens with two attached hydrogens (primary N) is 1. The fourth-order valence-corrected chi connectivity index (χ4v) is 4.06. The molecule has 0 atom stereocenters. The summed E-state index contributed by atoms with van der Waals surface area (Å²) in [5, 5.41) is 8.29. The highest BCUT2D eigenvalue weighted by molar-refractivity contribution is 6.10. The molecule has 0 unspecified atom stereocenters. The van der Waals surface area contributed by atoms with E-state index in [0.717, 1.165) is 54.8 Å². The van der Waals surface area contributed by atoms with Crippen molar-refractivity contribution < 1.29 is 4.79 Å². The van der Waals surface area contributed by atoms with Crippen LogP contribution in [0.5, 0.6) is 0 Å². The summed E-state index contributed by atoms with van der Waals surface area (Å²) in [5.41, 5.74) is 9.48. The second-order valence-electron chi connectivity index (χ2n) is 7.63. The van der Waals surface area contributed by atoms with E-state index >= 15 is 0 Å². The first kappa shape index (κ1) is 23.7. The lowest BCUT2D eigenvalue weighted by Gasteiger charge is -2.34. The summed E-state index contributed by atoms with van der Waals surface area (Å²) in [4.78, 5) is 24.2. The van der Waals surface area contributed by atoms with Gasteiger partial charge in [0.15, 0.2) is 5.65 Å². The maximum absolute atomic E-state index is 13.1. The summed E-state index contributed by atoms with van der Waals surface area (Å²) < 4.78 is 1.59. The number of nitrogens with one attached hydrogen (secondary N) is 1. The van der Waals surface area contributed by atoms with Crippen molar-refractivity contribution in [2.75, 3.05) is 29.9 Å². The number of halogens is 2. The highest BCUT2D eigenvalue weighted by Gasteiger charge is 2.22. The van der Waals surface area contributed by atoms with Crippen LogP contribution in [0.15, 0.2) is 55.1 Å². The second-order valence-corrected chi connectivity index (χ2v) is 7.63. The van der Waals surface area contributed by atoms with Gasteiger partial charge >= 0.3 is 0 Å². The van der Waals surface area contributed by atoms with Gasteiger partial charge in [0.1, 0.15) is 5.56 Å². The number of piperidine rings is 1. The van der Waals surface area contributed by atoms with Crippen LogP contribution in [-0.4, -0.2) is 45.1 Å². The van der Waals surface area contributed by atoms with Crippen molar-refractivity contribution in [3.05, 3.63) is 60.7 Å². The smallest absolute Gasteiger partial charge is 0.261 e. The van der Waals surface area contributed by atoms with Crippen LogP contribution in [0.2, 0.25) is 0 Å². The van der Waals surface area contributed by atoms with E-state index in [2.05, 4.69) is 31.3 Å². The Balaban J connectivity index is 0.00000144. The summed E-state index contributed by atoms with van der Waals surface area (Å²) in [5.74, 6) is 0.327. The van der Waals surface area contributed by atoms with Crippen molar-refractivity contribution in [1.29, 1.82) is 0 Å². The highest BCUT2D eigenvalue weighted by Crippen LogP contribution is 2.33. The highest BCUT2D eigenvalue weighted by atomic mass is 35.5. The fourth-order valence-electron chi connectivity index (χ4n) is 4.06. The molecule has 0 bridgehead atoms. The number of hydrogen-bond acceptors (Lipinski definition) is 6. The summed E-state index contributed by atoms with van der Waals surface area (Å²) in [6.07, 6.45) is 8.85. The minimum Gasteiger partial charge on any atom is -0.370 e. The molecule has 3 N–H and O–H groups in total. The van der Waals surface area contributed by atoms with Gasteiger partial charge in [-0.25, -0.2) is 9.50 Å². The van der Waals surface area contributed by atoms with Crippen molar-refractivity contribution in [2.24, 2.45) is 11.7 Å². The van der Waals surface area contributed by atoms with Gasteiger partial charge < -0.3 is 16.0 Å². The van der Waals surface area contributed by atoms with E-state index in [1.165, 1.54) is 0 Å². The Kier molecular flexibility index (Phi) is 7.50. The lowest BCUT2D eigenvalue weighted by atomic mass is 9.96. The molecule has 1 aliphatic rings. The number of rotatable bonds is 4. The SMILES string of the molecule is Cl.Cl.NCC1CCN(c2cc3ncccc3cc2NC(=O)c2cnn3cccnc23)CC1. The molecule has 0 radical (unpaired) electrons. The lowest BCUT2D eigenvalue weighted by molar-refractivity contribution is 0.102. The van der Waals surface area contributed by atoms with Crippen LogP contribution in [-0.2, 0) is 0 Å². The van der Waals surface area contributed by atoms with Gasteiger partial charge in [0.05, 0.1) is 23.1 Å². The van der Waals surface area contributed by atoms with Crippen molar-refractivity contribution in [2.45, 2.75) is 12.8 Å². The first-order valence-electron chi connectivity index (χ1n) is 10.2. The van der Waals surface area contributed by atoms with Gasteiger partial charge in [0.25, 0.3) is 5.91 Å². The minimum absolute atomic E-state index is 0. The molecular weight excluding hydrogens is 449 g/mol. The molecule has 1 saturated heterocycles. The molecule has 8 nitrogen and oxygen atoms in total. The first-order chi connectivity index (χ1) is 14.7. The summed E-state index contributed by atoms with van der Waals surface area (Å²) in [6, 6.07) is 9.72. The zero-order chi connectivity index (χ0) is 20.5. The number of carbonyl (C=O) groups excluding carboxylic acids is 1. The number of nitrogens with zero attached hydrogens (tertiary/aromatic N) is 5. The Bertz CT molecular complexity index is 1220. The number of anilines is 2. The third-order valence-corrected chi connectivity index (χ3v) is 5.78. The minimum atomic E-state index is -0.231. The molecular formula is C22H25Cl2N7O. The molecule has 10 heteroatoms. The average molecular weight is 474 g/mol. The zero-order valence-corrected chi connectivity index (χ0v) is 19.0. The van der Waals surface area contributed by atoms with Crippen LogP contribution >= 0.6 is 24.8 Å². The molecule has 168 valence electrons. The van der Waals surface area contributed by atoms with E-state index in [1.54, 1.807) is 35.4 Å². The molecule has 4 aromatic rings. The predicted molar refractivity (Wildman–Crippen MR) is 131 cm³/mol.